The van der Waals surface area contributed by atoms with Gasteiger partial charge >= 0.3 is 0 Å². The molecule has 0 aromatic heterocycles. The first kappa shape index (κ1) is 13.4. The largest absolute Gasteiger partial charge is 0.0489 e. The van der Waals surface area contributed by atoms with Crippen LogP contribution in [0.15, 0.2) is 44.6 Å². The molecule has 116 valence electrons. The molecule has 0 amide bonds. The van der Waals surface area contributed by atoms with Crippen molar-refractivity contribution in [1.29, 1.82) is 0 Å². The molecule has 0 heteroatoms. The molecule has 5 rings (SSSR count). The fourth-order valence-electron chi connectivity index (χ4n) is 5.84. The zero-order valence-corrected chi connectivity index (χ0v) is 13.9. The second kappa shape index (κ2) is 5.25. The van der Waals surface area contributed by atoms with Crippen molar-refractivity contribution in [1.82, 2.24) is 0 Å². The van der Waals surface area contributed by atoms with E-state index in [1.54, 1.807) is 0 Å². The molecule has 0 saturated heterocycles. The summed E-state index contributed by atoms with van der Waals surface area (Å²) in [6.07, 6.45) is 19.6. The van der Waals surface area contributed by atoms with Crippen molar-refractivity contribution in [3.05, 3.63) is 44.6 Å². The van der Waals surface area contributed by atoms with Crippen molar-refractivity contribution < 1.29 is 0 Å². The Morgan fingerprint density at radius 1 is 0.227 bits per heavy atom. The fraction of sp³-hybridized carbons (Fsp3) is 0.636. The lowest BCUT2D eigenvalue weighted by atomic mass is 9.70. The molecule has 0 nitrogen and oxygen atoms in total. The van der Waals surface area contributed by atoms with Gasteiger partial charge in [-0.1, -0.05) is 0 Å². The van der Waals surface area contributed by atoms with Crippen LogP contribution in [0, 0.1) is 0 Å². The Morgan fingerprint density at radius 2 is 0.409 bits per heavy atom. The van der Waals surface area contributed by atoms with Gasteiger partial charge < -0.3 is 0 Å². The van der Waals surface area contributed by atoms with E-state index in [0.717, 1.165) is 0 Å². The zero-order valence-electron chi connectivity index (χ0n) is 13.9. The Bertz CT molecular complexity index is 495. The van der Waals surface area contributed by atoms with Crippen molar-refractivity contribution >= 4 is 0 Å². The third kappa shape index (κ3) is 1.88. The van der Waals surface area contributed by atoms with Gasteiger partial charge in [-0.2, -0.15) is 0 Å². The van der Waals surface area contributed by atoms with Gasteiger partial charge in [0.2, 0.25) is 0 Å². The Labute approximate surface area is 135 Å². The lowest BCUT2D eigenvalue weighted by Gasteiger charge is -2.34. The maximum Gasteiger partial charge on any atom is -0.0270 e. The highest BCUT2D eigenvalue weighted by atomic mass is 14.4. The predicted octanol–water partition coefficient (Wildman–Crippen LogP) is 6.70. The number of hydrogen-bond donors (Lipinski definition) is 0. The normalized spacial score (nSPS) is 28.4. The summed E-state index contributed by atoms with van der Waals surface area (Å²) in [5.74, 6) is 0. The van der Waals surface area contributed by atoms with E-state index in [1.807, 2.05) is 44.6 Å². The van der Waals surface area contributed by atoms with Crippen molar-refractivity contribution in [3.8, 4) is 0 Å². The number of hydrogen-bond acceptors (Lipinski definition) is 0. The van der Waals surface area contributed by atoms with Gasteiger partial charge in [0.15, 0.2) is 0 Å². The lowest BCUT2D eigenvalue weighted by Crippen LogP contribution is -2.16. The summed E-state index contributed by atoms with van der Waals surface area (Å²) < 4.78 is 0. The summed E-state index contributed by atoms with van der Waals surface area (Å²) in [7, 11) is 0. The lowest BCUT2D eigenvalue weighted by molar-refractivity contribution is 0.661. The van der Waals surface area contributed by atoms with E-state index in [-0.39, 0.29) is 0 Å². The molecule has 0 aromatic carbocycles. The molecule has 0 aromatic rings. The second-order valence-corrected chi connectivity index (χ2v) is 7.95. The summed E-state index contributed by atoms with van der Waals surface area (Å²) in [6, 6.07) is 0. The molecular formula is C22H28. The Kier molecular flexibility index (Phi) is 3.20. The van der Waals surface area contributed by atoms with Crippen molar-refractivity contribution in [2.24, 2.45) is 0 Å². The van der Waals surface area contributed by atoms with Crippen molar-refractivity contribution in [2.45, 2.75) is 89.9 Å². The van der Waals surface area contributed by atoms with Crippen LogP contribution in [-0.4, -0.2) is 0 Å². The Balaban J connectivity index is 1.61. The SMILES string of the molecule is C1CCC2=C3CCCCC4=C(C1)C1=C4CCCC3=C2CCC1. The van der Waals surface area contributed by atoms with Crippen LogP contribution < -0.4 is 0 Å². The molecule has 5 aliphatic rings. The minimum Gasteiger partial charge on any atom is -0.0489 e. The van der Waals surface area contributed by atoms with Crippen molar-refractivity contribution in [3.63, 3.8) is 0 Å². The first-order chi connectivity index (χ1) is 10.9. The molecule has 0 spiro atoms. The topological polar surface area (TPSA) is 0 Å². The van der Waals surface area contributed by atoms with Crippen LogP contribution in [0.3, 0.4) is 0 Å². The maximum atomic E-state index is 1.84. The molecule has 0 N–H and O–H groups in total. The van der Waals surface area contributed by atoms with E-state index >= 15 is 0 Å². The molecule has 0 unspecified atom stereocenters. The van der Waals surface area contributed by atoms with E-state index in [2.05, 4.69) is 0 Å². The first-order valence-corrected chi connectivity index (χ1v) is 9.83. The fourth-order valence-corrected chi connectivity index (χ4v) is 5.84. The predicted molar refractivity (Wildman–Crippen MR) is 92.7 cm³/mol. The third-order valence-electron chi connectivity index (χ3n) is 6.83. The van der Waals surface area contributed by atoms with Gasteiger partial charge in [-0.05, 0) is 134 Å². The van der Waals surface area contributed by atoms with Gasteiger partial charge in [0.05, 0.1) is 0 Å². The van der Waals surface area contributed by atoms with E-state index in [9.17, 15) is 0 Å². The van der Waals surface area contributed by atoms with Gasteiger partial charge in [0.25, 0.3) is 0 Å². The number of allylic oxidation sites excluding steroid dienone is 8. The zero-order chi connectivity index (χ0) is 14.5. The van der Waals surface area contributed by atoms with Crippen LogP contribution in [0.25, 0.3) is 0 Å². The molecule has 2 fully saturated rings. The van der Waals surface area contributed by atoms with Gasteiger partial charge in [-0.15, -0.1) is 0 Å². The second-order valence-electron chi connectivity index (χ2n) is 7.95. The summed E-state index contributed by atoms with van der Waals surface area (Å²) >= 11 is 0. The molecule has 5 aliphatic carbocycles. The molecule has 22 heavy (non-hydrogen) atoms. The minimum atomic E-state index is 1.38. The van der Waals surface area contributed by atoms with E-state index in [1.165, 1.54) is 89.9 Å². The first-order valence-electron chi connectivity index (χ1n) is 9.83. The summed E-state index contributed by atoms with van der Waals surface area (Å²) in [5, 5.41) is 0. The maximum absolute atomic E-state index is 1.84. The minimum absolute atomic E-state index is 1.38. The average molecular weight is 292 g/mol. The molecule has 4 bridgehead atoms. The van der Waals surface area contributed by atoms with Gasteiger partial charge in [-0.3, -0.25) is 0 Å². The van der Waals surface area contributed by atoms with Crippen LogP contribution in [0.1, 0.15) is 89.9 Å². The molecule has 0 aliphatic heterocycles. The number of fused-ring (bicyclic) bond motifs is 4. The van der Waals surface area contributed by atoms with Crippen molar-refractivity contribution in [2.75, 3.05) is 0 Å². The monoisotopic (exact) mass is 292 g/mol. The van der Waals surface area contributed by atoms with Gasteiger partial charge in [-0.25, -0.2) is 0 Å². The smallest absolute Gasteiger partial charge is 0.0270 e. The highest BCUT2D eigenvalue weighted by molar-refractivity contribution is 5.63. The standard InChI is InChI=1S/C22H28/c1-2-8-16-18-10-4-3-9-17-15(7-1)19-11-5-12-20(16)22(18)14-6-13-21(17)19/h1-14H2. The molecule has 0 atom stereocenters. The molecular weight excluding hydrogens is 264 g/mol. The number of rotatable bonds is 0. The van der Waals surface area contributed by atoms with E-state index in [4.69, 9.17) is 0 Å². The summed E-state index contributed by atoms with van der Waals surface area (Å²) in [4.78, 5) is 0. The van der Waals surface area contributed by atoms with Gasteiger partial charge in [0, 0.05) is 0 Å². The average Bonchev–Trinajstić information content (AvgIpc) is 2.54. The van der Waals surface area contributed by atoms with Gasteiger partial charge in [0.1, 0.15) is 0 Å². The van der Waals surface area contributed by atoms with Crippen LogP contribution in [0.2, 0.25) is 0 Å². The Hall–Kier alpha value is -1.04. The van der Waals surface area contributed by atoms with Crippen LogP contribution in [-0.2, 0) is 0 Å². The third-order valence-corrected chi connectivity index (χ3v) is 6.83. The molecule has 0 radical (unpaired) electrons. The summed E-state index contributed by atoms with van der Waals surface area (Å²) in [5.41, 5.74) is 14.7. The quantitative estimate of drug-likeness (QED) is 0.466. The van der Waals surface area contributed by atoms with Crippen LogP contribution in [0.5, 0.6) is 0 Å². The van der Waals surface area contributed by atoms with E-state index in [0.29, 0.717) is 0 Å². The highest BCUT2D eigenvalue weighted by Gasteiger charge is 2.33. The molecule has 2 saturated carbocycles. The highest BCUT2D eigenvalue weighted by Crippen LogP contribution is 2.52. The molecule has 0 heterocycles. The van der Waals surface area contributed by atoms with E-state index < -0.39 is 0 Å². The summed E-state index contributed by atoms with van der Waals surface area (Å²) in [6.45, 7) is 0. The Morgan fingerprint density at radius 3 is 0.636 bits per heavy atom. The van der Waals surface area contributed by atoms with Crippen LogP contribution >= 0.6 is 0 Å². The van der Waals surface area contributed by atoms with Crippen LogP contribution in [0.4, 0.5) is 0 Å².